The first-order chi connectivity index (χ1) is 12.7. The summed E-state index contributed by atoms with van der Waals surface area (Å²) in [6, 6.07) is 0. The number of hydrogen-bond donors (Lipinski definition) is 2. The summed E-state index contributed by atoms with van der Waals surface area (Å²) < 4.78 is 0.802. The van der Waals surface area contributed by atoms with Gasteiger partial charge in [0.2, 0.25) is 0 Å². The fourth-order valence-electron chi connectivity index (χ4n) is 3.56. The maximum absolute atomic E-state index is 9.16. The van der Waals surface area contributed by atoms with Crippen LogP contribution in [0.15, 0.2) is 12.2 Å². The van der Waals surface area contributed by atoms with E-state index in [2.05, 4.69) is 26.1 Å². The second kappa shape index (κ2) is 22.4. The molecule has 2 N–H and O–H groups in total. The van der Waals surface area contributed by atoms with Gasteiger partial charge >= 0.3 is 0 Å². The fraction of sp³-hybridized carbons (Fsp3) is 0.913. The van der Waals surface area contributed by atoms with Gasteiger partial charge in [0.05, 0.1) is 26.8 Å². The third kappa shape index (κ3) is 20.6. The van der Waals surface area contributed by atoms with Crippen LogP contribution < -0.4 is 17.0 Å². The van der Waals surface area contributed by atoms with Crippen molar-refractivity contribution in [2.45, 2.75) is 96.8 Å². The summed E-state index contributed by atoms with van der Waals surface area (Å²) in [5.74, 6) is 0. The number of hydrogen-bond acceptors (Lipinski definition) is 2. The minimum atomic E-state index is 0. The first-order valence-electron chi connectivity index (χ1n) is 11.4. The van der Waals surface area contributed by atoms with Crippen molar-refractivity contribution < 1.29 is 31.7 Å². The molecule has 4 heteroatoms. The average Bonchev–Trinajstić information content (AvgIpc) is 2.62. The van der Waals surface area contributed by atoms with Crippen LogP contribution in [-0.4, -0.2) is 54.6 Å². The molecule has 0 aromatic rings. The van der Waals surface area contributed by atoms with E-state index in [0.29, 0.717) is 0 Å². The lowest BCUT2D eigenvalue weighted by molar-refractivity contribution is -0.910. The molecule has 0 radical (unpaired) electrons. The molecule has 0 fully saturated rings. The number of rotatable bonds is 20. The zero-order chi connectivity index (χ0) is 19.3. The van der Waals surface area contributed by atoms with Crippen LogP contribution in [0.3, 0.4) is 0 Å². The lowest BCUT2D eigenvalue weighted by Gasteiger charge is -2.33. The molecule has 27 heavy (non-hydrogen) atoms. The largest absolute Gasteiger partial charge is 1.00 e. The number of aliphatic hydroxyl groups is 2. The summed E-state index contributed by atoms with van der Waals surface area (Å²) in [6.45, 7) is 5.28. The summed E-state index contributed by atoms with van der Waals surface area (Å²) in [4.78, 5) is 0. The quantitative estimate of drug-likeness (QED) is 0.170. The number of aliphatic hydroxyl groups excluding tert-OH is 2. The zero-order valence-corrected chi connectivity index (χ0v) is 19.9. The van der Waals surface area contributed by atoms with Crippen LogP contribution in [-0.2, 0) is 0 Å². The minimum Gasteiger partial charge on any atom is -1.00 e. The maximum Gasteiger partial charge on any atom is 0.102 e. The van der Waals surface area contributed by atoms with Crippen molar-refractivity contribution in [3.8, 4) is 0 Å². The average molecular weight is 451 g/mol. The van der Waals surface area contributed by atoms with Gasteiger partial charge in [-0.15, -0.1) is 0 Å². The van der Waals surface area contributed by atoms with Gasteiger partial charge in [0, 0.05) is 0 Å². The Bertz CT molecular complexity index is 305. The van der Waals surface area contributed by atoms with E-state index in [4.69, 9.17) is 10.2 Å². The highest BCUT2D eigenvalue weighted by atomic mass is 79.9. The number of likely N-dealkylation sites (N-methyl/N-ethyl adjacent to an activating group) is 1. The lowest BCUT2D eigenvalue weighted by Crippen LogP contribution is -3.00. The van der Waals surface area contributed by atoms with Crippen LogP contribution >= 0.6 is 0 Å². The van der Waals surface area contributed by atoms with Crippen LogP contribution in [0.5, 0.6) is 0 Å². The molecule has 0 spiro atoms. The molecule has 0 saturated carbocycles. The molecular weight excluding hydrogens is 402 g/mol. The molecule has 164 valence electrons. The molecule has 0 rings (SSSR count). The van der Waals surface area contributed by atoms with E-state index in [1.807, 2.05) is 0 Å². The Morgan fingerprint density at radius 1 is 0.593 bits per heavy atom. The highest BCUT2D eigenvalue weighted by molar-refractivity contribution is 4.81. The van der Waals surface area contributed by atoms with Crippen molar-refractivity contribution in [3.63, 3.8) is 0 Å². The van der Waals surface area contributed by atoms with Crippen LogP contribution in [0, 0.1) is 0 Å². The second-order valence-corrected chi connectivity index (χ2v) is 8.18. The van der Waals surface area contributed by atoms with Gasteiger partial charge < -0.3 is 31.7 Å². The number of allylic oxidation sites excluding steroid dienone is 2. The maximum atomic E-state index is 9.16. The summed E-state index contributed by atoms with van der Waals surface area (Å²) in [5.41, 5.74) is 0. The smallest absolute Gasteiger partial charge is 0.102 e. The Morgan fingerprint density at radius 2 is 1.00 bits per heavy atom. The standard InChI is InChI=1S/C23H48NO2.BrH/c1-3-4-5-6-7-8-9-10-11-12-13-14-15-16-17-18-19-24(2,20-22-25)21-23-26;/h10-11,25-26H,3-9,12-23H2,1-2H3;1H/q+1;/p-1/b11-10-;. The molecule has 0 atom stereocenters. The van der Waals surface area contributed by atoms with Crippen LogP contribution in [0.1, 0.15) is 96.8 Å². The summed E-state index contributed by atoms with van der Waals surface area (Å²) in [6.07, 6.45) is 23.5. The SMILES string of the molecule is CCCCCCCC/C=C\CCCCCCCC[N+](C)(CCO)CCO.[Br-]. The molecule has 0 aromatic heterocycles. The molecule has 0 unspecified atom stereocenters. The lowest BCUT2D eigenvalue weighted by atomic mass is 10.1. The summed E-state index contributed by atoms with van der Waals surface area (Å²) in [7, 11) is 2.14. The van der Waals surface area contributed by atoms with Crippen molar-refractivity contribution in [3.05, 3.63) is 12.2 Å². The van der Waals surface area contributed by atoms with Crippen LogP contribution in [0.25, 0.3) is 0 Å². The van der Waals surface area contributed by atoms with E-state index >= 15 is 0 Å². The van der Waals surface area contributed by atoms with Crippen molar-refractivity contribution >= 4 is 0 Å². The van der Waals surface area contributed by atoms with Gasteiger partial charge in [-0.2, -0.15) is 0 Å². The summed E-state index contributed by atoms with van der Waals surface area (Å²) in [5, 5.41) is 18.3. The Hall–Kier alpha value is 0.100. The van der Waals surface area contributed by atoms with Crippen molar-refractivity contribution in [2.75, 3.05) is 39.9 Å². The molecule has 0 heterocycles. The van der Waals surface area contributed by atoms with E-state index in [-0.39, 0.29) is 30.2 Å². The van der Waals surface area contributed by atoms with Gasteiger partial charge in [-0.1, -0.05) is 70.4 Å². The van der Waals surface area contributed by atoms with Crippen molar-refractivity contribution in [1.29, 1.82) is 0 Å². The Kier molecular flexibility index (Phi) is 24.3. The Labute approximate surface area is 180 Å². The van der Waals surface area contributed by atoms with Gasteiger partial charge in [0.25, 0.3) is 0 Å². The van der Waals surface area contributed by atoms with E-state index < -0.39 is 0 Å². The van der Waals surface area contributed by atoms with Gasteiger partial charge in [0.15, 0.2) is 0 Å². The van der Waals surface area contributed by atoms with Crippen LogP contribution in [0.2, 0.25) is 0 Å². The molecule has 0 aliphatic carbocycles. The first kappa shape index (κ1) is 29.3. The molecule has 0 aliphatic rings. The molecule has 0 saturated heterocycles. The zero-order valence-electron chi connectivity index (χ0n) is 18.3. The monoisotopic (exact) mass is 449 g/mol. The fourth-order valence-corrected chi connectivity index (χ4v) is 3.56. The first-order valence-corrected chi connectivity index (χ1v) is 11.4. The Balaban J connectivity index is 0. The molecule has 0 aromatic carbocycles. The van der Waals surface area contributed by atoms with E-state index in [1.165, 1.54) is 89.9 Å². The molecule has 0 amide bonds. The molecule has 0 bridgehead atoms. The predicted molar refractivity (Wildman–Crippen MR) is 114 cm³/mol. The van der Waals surface area contributed by atoms with E-state index in [1.54, 1.807) is 0 Å². The molecule has 3 nitrogen and oxygen atoms in total. The minimum absolute atomic E-state index is 0. The second-order valence-electron chi connectivity index (χ2n) is 8.18. The third-order valence-corrected chi connectivity index (χ3v) is 5.49. The van der Waals surface area contributed by atoms with Gasteiger partial charge in [0.1, 0.15) is 13.1 Å². The normalized spacial score (nSPS) is 11.9. The Morgan fingerprint density at radius 3 is 1.44 bits per heavy atom. The van der Waals surface area contributed by atoms with E-state index in [9.17, 15) is 0 Å². The molecular formula is C23H48BrNO2. The highest BCUT2D eigenvalue weighted by Crippen LogP contribution is 2.11. The van der Waals surface area contributed by atoms with Gasteiger partial charge in [-0.25, -0.2) is 0 Å². The third-order valence-electron chi connectivity index (χ3n) is 5.49. The van der Waals surface area contributed by atoms with Crippen molar-refractivity contribution in [1.82, 2.24) is 0 Å². The molecule has 0 aliphatic heterocycles. The topological polar surface area (TPSA) is 40.5 Å². The van der Waals surface area contributed by atoms with E-state index in [0.717, 1.165) is 24.1 Å². The highest BCUT2D eigenvalue weighted by Gasteiger charge is 2.19. The van der Waals surface area contributed by atoms with Crippen molar-refractivity contribution in [2.24, 2.45) is 0 Å². The number of nitrogens with zero attached hydrogens (tertiary/aromatic N) is 1. The number of quaternary nitrogens is 1. The number of halogens is 1. The van der Waals surface area contributed by atoms with Gasteiger partial charge in [-0.05, 0) is 38.5 Å². The predicted octanol–water partition coefficient (Wildman–Crippen LogP) is 2.46. The van der Waals surface area contributed by atoms with Gasteiger partial charge in [-0.3, -0.25) is 0 Å². The van der Waals surface area contributed by atoms with Crippen LogP contribution in [0.4, 0.5) is 0 Å². The summed E-state index contributed by atoms with van der Waals surface area (Å²) >= 11 is 0. The number of unbranched alkanes of at least 4 members (excludes halogenated alkanes) is 12.